The van der Waals surface area contributed by atoms with Gasteiger partial charge in [0, 0.05) is 22.5 Å². The Bertz CT molecular complexity index is 611. The molecular weight excluding hydrogens is 265 g/mol. The maximum absolute atomic E-state index is 14.0. The minimum absolute atomic E-state index is 0.233. The monoisotopic (exact) mass is 281 g/mol. The number of rotatable bonds is 3. The fourth-order valence-electron chi connectivity index (χ4n) is 2.22. The quantitative estimate of drug-likeness (QED) is 0.920. The van der Waals surface area contributed by atoms with Crippen LogP contribution in [0.3, 0.4) is 0 Å². The number of aliphatic hydroxyl groups excluding tert-OH is 1. The summed E-state index contributed by atoms with van der Waals surface area (Å²) < 4.78 is 14.0. The van der Waals surface area contributed by atoms with E-state index < -0.39 is 11.9 Å². The van der Waals surface area contributed by atoms with E-state index in [2.05, 4.69) is 4.98 Å². The van der Waals surface area contributed by atoms with Gasteiger partial charge in [-0.2, -0.15) is 0 Å². The van der Waals surface area contributed by atoms with E-state index in [9.17, 15) is 9.50 Å². The Hall–Kier alpha value is -1.19. The van der Waals surface area contributed by atoms with E-state index >= 15 is 0 Å². The molecule has 2 aromatic rings. The second kappa shape index (κ2) is 5.43. The fourth-order valence-corrected chi connectivity index (χ4v) is 2.42. The molecule has 1 aromatic heterocycles. The van der Waals surface area contributed by atoms with Crippen LogP contribution in [0.2, 0.25) is 5.02 Å². The molecule has 1 unspecified atom stereocenters. The van der Waals surface area contributed by atoms with Crippen LogP contribution in [0.5, 0.6) is 0 Å². The van der Waals surface area contributed by atoms with E-state index in [0.29, 0.717) is 22.7 Å². The van der Waals surface area contributed by atoms with Gasteiger partial charge in [0.1, 0.15) is 5.52 Å². The third-order valence-corrected chi connectivity index (χ3v) is 3.26. The third-order valence-electron chi connectivity index (χ3n) is 3.04. The van der Waals surface area contributed by atoms with Crippen molar-refractivity contribution in [1.29, 1.82) is 0 Å². The van der Waals surface area contributed by atoms with Crippen molar-refractivity contribution < 1.29 is 9.50 Å². The zero-order chi connectivity index (χ0) is 14.2. The molecule has 0 saturated heterocycles. The molecular formula is C15H17ClFNO. The first-order valence-electron chi connectivity index (χ1n) is 6.35. The number of aromatic nitrogens is 1. The minimum Gasteiger partial charge on any atom is -0.393 e. The second-order valence-electron chi connectivity index (χ2n) is 5.19. The van der Waals surface area contributed by atoms with E-state index in [1.165, 1.54) is 6.07 Å². The van der Waals surface area contributed by atoms with Gasteiger partial charge in [0.15, 0.2) is 5.82 Å². The van der Waals surface area contributed by atoms with Gasteiger partial charge in [0.25, 0.3) is 0 Å². The number of hydrogen-bond donors (Lipinski definition) is 1. The van der Waals surface area contributed by atoms with Crippen molar-refractivity contribution in [3.05, 3.63) is 40.3 Å². The average molecular weight is 282 g/mol. The molecule has 1 aromatic carbocycles. The Kier molecular flexibility index (Phi) is 4.07. The van der Waals surface area contributed by atoms with Crippen molar-refractivity contribution in [2.45, 2.75) is 39.2 Å². The summed E-state index contributed by atoms with van der Waals surface area (Å²) in [6.45, 7) is 5.78. The van der Waals surface area contributed by atoms with Crippen LogP contribution in [0.4, 0.5) is 4.39 Å². The number of halogens is 2. The molecule has 1 N–H and O–H groups in total. The largest absolute Gasteiger partial charge is 0.393 e. The van der Waals surface area contributed by atoms with Crippen molar-refractivity contribution in [3.8, 4) is 0 Å². The highest BCUT2D eigenvalue weighted by Gasteiger charge is 2.14. The Morgan fingerprint density at radius 2 is 1.95 bits per heavy atom. The Morgan fingerprint density at radius 1 is 1.26 bits per heavy atom. The second-order valence-corrected chi connectivity index (χ2v) is 5.63. The zero-order valence-corrected chi connectivity index (χ0v) is 12.0. The molecule has 2 nitrogen and oxygen atoms in total. The van der Waals surface area contributed by atoms with Gasteiger partial charge in [-0.3, -0.25) is 0 Å². The highest BCUT2D eigenvalue weighted by atomic mass is 35.5. The lowest BCUT2D eigenvalue weighted by Crippen LogP contribution is -2.08. The first-order valence-corrected chi connectivity index (χ1v) is 6.73. The molecule has 19 heavy (non-hydrogen) atoms. The predicted molar refractivity (Wildman–Crippen MR) is 76.2 cm³/mol. The van der Waals surface area contributed by atoms with Crippen molar-refractivity contribution in [2.75, 3.05) is 0 Å². The van der Waals surface area contributed by atoms with Crippen LogP contribution in [-0.2, 0) is 6.42 Å². The van der Waals surface area contributed by atoms with Crippen LogP contribution < -0.4 is 0 Å². The van der Waals surface area contributed by atoms with Gasteiger partial charge in [0.05, 0.1) is 6.10 Å². The van der Waals surface area contributed by atoms with Crippen molar-refractivity contribution in [3.63, 3.8) is 0 Å². The number of nitrogens with zero attached hydrogens (tertiary/aromatic N) is 1. The maximum Gasteiger partial charge on any atom is 0.150 e. The van der Waals surface area contributed by atoms with Crippen LogP contribution >= 0.6 is 11.6 Å². The van der Waals surface area contributed by atoms with Gasteiger partial charge in [-0.25, -0.2) is 9.37 Å². The Morgan fingerprint density at radius 3 is 2.53 bits per heavy atom. The Labute approximate surface area is 117 Å². The van der Waals surface area contributed by atoms with Crippen molar-refractivity contribution in [1.82, 2.24) is 4.98 Å². The van der Waals surface area contributed by atoms with Crippen molar-refractivity contribution in [2.24, 2.45) is 0 Å². The molecule has 0 aliphatic rings. The summed E-state index contributed by atoms with van der Waals surface area (Å²) in [5.41, 5.74) is 2.03. The molecule has 4 heteroatoms. The first-order chi connectivity index (χ1) is 8.88. The van der Waals surface area contributed by atoms with E-state index in [4.69, 9.17) is 11.6 Å². The molecule has 1 heterocycles. The lowest BCUT2D eigenvalue weighted by atomic mass is 9.96. The van der Waals surface area contributed by atoms with Gasteiger partial charge in [-0.15, -0.1) is 0 Å². The van der Waals surface area contributed by atoms with E-state index in [0.717, 1.165) is 10.9 Å². The number of benzene rings is 1. The van der Waals surface area contributed by atoms with Gasteiger partial charge >= 0.3 is 0 Å². The predicted octanol–water partition coefficient (Wildman–Crippen LogP) is 4.07. The summed E-state index contributed by atoms with van der Waals surface area (Å²) in [6.07, 6.45) is -0.0853. The lowest BCUT2D eigenvalue weighted by Gasteiger charge is -2.14. The van der Waals surface area contributed by atoms with E-state index in [1.54, 1.807) is 13.0 Å². The van der Waals surface area contributed by atoms with Crippen LogP contribution in [0.15, 0.2) is 18.2 Å². The number of hydrogen-bond acceptors (Lipinski definition) is 2. The molecule has 0 amide bonds. The van der Waals surface area contributed by atoms with Gasteiger partial charge < -0.3 is 5.11 Å². The van der Waals surface area contributed by atoms with Crippen LogP contribution in [0, 0.1) is 5.82 Å². The summed E-state index contributed by atoms with van der Waals surface area (Å²) in [7, 11) is 0. The van der Waals surface area contributed by atoms with Crippen LogP contribution in [0.25, 0.3) is 10.9 Å². The molecule has 0 radical (unpaired) electrons. The highest BCUT2D eigenvalue weighted by molar-refractivity contribution is 6.31. The van der Waals surface area contributed by atoms with Crippen LogP contribution in [-0.4, -0.2) is 16.2 Å². The molecule has 0 bridgehead atoms. The maximum atomic E-state index is 14.0. The summed E-state index contributed by atoms with van der Waals surface area (Å²) in [5, 5.41) is 10.6. The molecule has 0 aliphatic carbocycles. The average Bonchev–Trinajstić information content (AvgIpc) is 2.28. The molecule has 0 fully saturated rings. The minimum atomic E-state index is -0.500. The summed E-state index contributed by atoms with van der Waals surface area (Å²) >= 11 is 5.92. The van der Waals surface area contributed by atoms with Gasteiger partial charge in [0.2, 0.25) is 0 Å². The molecule has 0 saturated carbocycles. The first kappa shape index (κ1) is 14.2. The summed E-state index contributed by atoms with van der Waals surface area (Å²) in [6, 6.07) is 4.94. The summed E-state index contributed by atoms with van der Waals surface area (Å²) in [5.74, 6) is -0.187. The zero-order valence-electron chi connectivity index (χ0n) is 11.2. The van der Waals surface area contributed by atoms with Crippen LogP contribution in [0.1, 0.15) is 37.9 Å². The molecule has 1 atom stereocenters. The third kappa shape index (κ3) is 3.04. The van der Waals surface area contributed by atoms with Crippen molar-refractivity contribution >= 4 is 22.5 Å². The number of pyridine rings is 1. The van der Waals surface area contributed by atoms with E-state index in [1.807, 2.05) is 19.9 Å². The normalized spacial score (nSPS) is 13.2. The fraction of sp³-hybridized carbons (Fsp3) is 0.400. The molecule has 0 aliphatic heterocycles. The SMILES string of the molecule is CC(O)Cc1cc(C(C)C)c2cc(Cl)cc(F)c2n1. The standard InChI is InChI=1S/C15H17ClFNO/c1-8(2)12-7-11(4-9(3)19)18-15-13(12)5-10(16)6-14(15)17/h5-9,19H,4H2,1-3H3. The van der Waals surface area contributed by atoms with Gasteiger partial charge in [-0.05, 0) is 36.6 Å². The van der Waals surface area contributed by atoms with E-state index in [-0.39, 0.29) is 5.92 Å². The topological polar surface area (TPSA) is 33.1 Å². The smallest absolute Gasteiger partial charge is 0.150 e. The summed E-state index contributed by atoms with van der Waals surface area (Å²) in [4.78, 5) is 4.31. The molecule has 2 rings (SSSR count). The molecule has 0 spiro atoms. The Balaban J connectivity index is 2.72. The number of fused-ring (bicyclic) bond motifs is 1. The van der Waals surface area contributed by atoms with Gasteiger partial charge in [-0.1, -0.05) is 25.4 Å². The highest BCUT2D eigenvalue weighted by Crippen LogP contribution is 2.29. The number of aliphatic hydroxyl groups is 1. The molecule has 102 valence electrons. The lowest BCUT2D eigenvalue weighted by molar-refractivity contribution is 0.194.